The number of carbonyl (C=O) groups excluding carboxylic acids is 1. The summed E-state index contributed by atoms with van der Waals surface area (Å²) in [6, 6.07) is 0. The Kier molecular flexibility index (Phi) is 2.61. The van der Waals surface area contributed by atoms with E-state index >= 15 is 0 Å². The maximum absolute atomic E-state index is 11.3. The van der Waals surface area contributed by atoms with Gasteiger partial charge in [0.15, 0.2) is 6.29 Å². The van der Waals surface area contributed by atoms with E-state index < -0.39 is 0 Å². The number of ether oxygens (including phenoxy) is 4. The second kappa shape index (κ2) is 3.98. The second-order valence-electron chi connectivity index (χ2n) is 4.59. The largest absolute Gasteiger partial charge is 0.462 e. The molecule has 0 radical (unpaired) electrons. The first-order valence-electron chi connectivity index (χ1n) is 5.75. The minimum atomic E-state index is -0.227. The van der Waals surface area contributed by atoms with Crippen molar-refractivity contribution in [2.45, 2.75) is 31.3 Å². The minimum Gasteiger partial charge on any atom is -0.462 e. The van der Waals surface area contributed by atoms with Crippen LogP contribution in [0.3, 0.4) is 0 Å². The number of fused-ring (bicyclic) bond motifs is 1. The van der Waals surface area contributed by atoms with E-state index in [2.05, 4.69) is 0 Å². The lowest BCUT2D eigenvalue weighted by molar-refractivity contribution is -0.142. The van der Waals surface area contributed by atoms with Gasteiger partial charge in [0.2, 0.25) is 0 Å². The van der Waals surface area contributed by atoms with E-state index in [4.69, 9.17) is 18.9 Å². The molecule has 3 aliphatic rings. The molecule has 90 valence electrons. The quantitative estimate of drug-likeness (QED) is 0.637. The van der Waals surface area contributed by atoms with Gasteiger partial charge in [0.25, 0.3) is 0 Å². The standard InChI is InChI=1S/C11H16O5/c1-13-8-5-7-6(4-9(12)16-7)10(8)11-14-2-3-15-11/h6-8,10-11H,2-5H2,1H3/t6-,7-,8+,10+/m0/s1. The minimum absolute atomic E-state index is 0.00440. The Labute approximate surface area is 94.0 Å². The predicted molar refractivity (Wildman–Crippen MR) is 52.6 cm³/mol. The van der Waals surface area contributed by atoms with Crippen LogP contribution < -0.4 is 0 Å². The molecule has 0 unspecified atom stereocenters. The summed E-state index contributed by atoms with van der Waals surface area (Å²) < 4.78 is 21.8. The third kappa shape index (κ3) is 1.54. The summed E-state index contributed by atoms with van der Waals surface area (Å²) >= 11 is 0. The molecule has 0 amide bonds. The van der Waals surface area contributed by atoms with Gasteiger partial charge in [0.05, 0.1) is 25.7 Å². The molecule has 16 heavy (non-hydrogen) atoms. The van der Waals surface area contributed by atoms with Gasteiger partial charge in [-0.1, -0.05) is 0 Å². The molecule has 5 nitrogen and oxygen atoms in total. The molecule has 0 aromatic heterocycles. The second-order valence-corrected chi connectivity index (χ2v) is 4.59. The average Bonchev–Trinajstić information content (AvgIpc) is 2.91. The molecule has 0 bridgehead atoms. The predicted octanol–water partition coefficient (Wildman–Crippen LogP) is 0.326. The molecule has 5 heteroatoms. The first kappa shape index (κ1) is 10.5. The monoisotopic (exact) mass is 228 g/mol. The molecule has 0 N–H and O–H groups in total. The molecule has 0 aromatic rings. The summed E-state index contributed by atoms with van der Waals surface area (Å²) in [5.74, 6) is 0.219. The molecule has 4 atom stereocenters. The molecule has 2 aliphatic heterocycles. The van der Waals surface area contributed by atoms with Crippen molar-refractivity contribution in [2.24, 2.45) is 11.8 Å². The first-order chi connectivity index (χ1) is 7.79. The van der Waals surface area contributed by atoms with Gasteiger partial charge in [-0.05, 0) is 0 Å². The van der Waals surface area contributed by atoms with Gasteiger partial charge in [-0.15, -0.1) is 0 Å². The lowest BCUT2D eigenvalue weighted by Gasteiger charge is -2.26. The Hall–Kier alpha value is -0.650. The van der Waals surface area contributed by atoms with Crippen molar-refractivity contribution in [3.63, 3.8) is 0 Å². The normalized spacial score (nSPS) is 43.7. The maximum Gasteiger partial charge on any atom is 0.306 e. The Morgan fingerprint density at radius 3 is 2.75 bits per heavy atom. The zero-order valence-corrected chi connectivity index (χ0v) is 9.26. The fourth-order valence-electron chi connectivity index (χ4n) is 3.13. The van der Waals surface area contributed by atoms with Crippen LogP contribution in [0.4, 0.5) is 0 Å². The summed E-state index contributed by atoms with van der Waals surface area (Å²) in [6.07, 6.45) is 1.08. The summed E-state index contributed by atoms with van der Waals surface area (Å²) in [6.45, 7) is 1.26. The highest BCUT2D eigenvalue weighted by Gasteiger charge is 2.54. The van der Waals surface area contributed by atoms with Crippen LogP contribution in [0.2, 0.25) is 0 Å². The maximum atomic E-state index is 11.3. The van der Waals surface area contributed by atoms with E-state index in [9.17, 15) is 4.79 Å². The molecule has 3 fully saturated rings. The van der Waals surface area contributed by atoms with Gasteiger partial charge < -0.3 is 18.9 Å². The third-order valence-electron chi connectivity index (χ3n) is 3.82. The number of methoxy groups -OCH3 is 1. The summed E-state index contributed by atoms with van der Waals surface area (Å²) in [5.41, 5.74) is 0. The zero-order valence-electron chi connectivity index (χ0n) is 9.26. The molecule has 3 rings (SSSR count). The lowest BCUT2D eigenvalue weighted by atomic mass is 9.91. The van der Waals surface area contributed by atoms with Crippen LogP contribution in [0, 0.1) is 11.8 Å². The van der Waals surface area contributed by atoms with Crippen LogP contribution >= 0.6 is 0 Å². The molecule has 2 saturated heterocycles. The van der Waals surface area contributed by atoms with Crippen molar-refractivity contribution in [3.8, 4) is 0 Å². The molecular formula is C11H16O5. The van der Waals surface area contributed by atoms with Gasteiger partial charge in [0.1, 0.15) is 6.10 Å². The van der Waals surface area contributed by atoms with Crippen LogP contribution in [0.15, 0.2) is 0 Å². The van der Waals surface area contributed by atoms with Crippen molar-refractivity contribution in [2.75, 3.05) is 20.3 Å². The SMILES string of the molecule is CO[C@@H]1C[C@@H]2OC(=O)C[C@@H]2[C@H]1C1OCCO1. The highest BCUT2D eigenvalue weighted by molar-refractivity contribution is 5.72. The van der Waals surface area contributed by atoms with E-state index in [1.165, 1.54) is 0 Å². The molecule has 0 aromatic carbocycles. The summed E-state index contributed by atoms with van der Waals surface area (Å²) in [7, 11) is 1.69. The zero-order chi connectivity index (χ0) is 11.1. The number of esters is 1. The summed E-state index contributed by atoms with van der Waals surface area (Å²) in [4.78, 5) is 11.3. The van der Waals surface area contributed by atoms with Crippen LogP contribution in [0.1, 0.15) is 12.8 Å². The van der Waals surface area contributed by atoms with Gasteiger partial charge in [-0.2, -0.15) is 0 Å². The van der Waals surface area contributed by atoms with Crippen LogP contribution in [0.25, 0.3) is 0 Å². The summed E-state index contributed by atoms with van der Waals surface area (Å²) in [5, 5.41) is 0. The fourth-order valence-corrected chi connectivity index (χ4v) is 3.13. The van der Waals surface area contributed by atoms with Crippen molar-refractivity contribution >= 4 is 5.97 Å². The Morgan fingerprint density at radius 1 is 1.31 bits per heavy atom. The van der Waals surface area contributed by atoms with Crippen LogP contribution in [-0.4, -0.2) is 44.8 Å². The Morgan fingerprint density at radius 2 is 2.06 bits per heavy atom. The molecule has 0 spiro atoms. The number of hydrogen-bond donors (Lipinski definition) is 0. The van der Waals surface area contributed by atoms with E-state index in [0.29, 0.717) is 19.6 Å². The van der Waals surface area contributed by atoms with Crippen LogP contribution in [-0.2, 0) is 23.7 Å². The average molecular weight is 228 g/mol. The number of rotatable bonds is 2. The Balaban J connectivity index is 1.79. The van der Waals surface area contributed by atoms with Crippen molar-refractivity contribution in [1.29, 1.82) is 0 Å². The Bertz CT molecular complexity index is 284. The highest BCUT2D eigenvalue weighted by atomic mass is 16.7. The van der Waals surface area contributed by atoms with Crippen molar-refractivity contribution in [1.82, 2.24) is 0 Å². The van der Waals surface area contributed by atoms with E-state index in [0.717, 1.165) is 6.42 Å². The van der Waals surface area contributed by atoms with E-state index in [-0.39, 0.29) is 36.3 Å². The molecular weight excluding hydrogens is 212 g/mol. The van der Waals surface area contributed by atoms with Crippen molar-refractivity contribution in [3.05, 3.63) is 0 Å². The van der Waals surface area contributed by atoms with Crippen LogP contribution in [0.5, 0.6) is 0 Å². The van der Waals surface area contributed by atoms with Crippen molar-refractivity contribution < 1.29 is 23.7 Å². The smallest absolute Gasteiger partial charge is 0.306 e. The number of carbonyl (C=O) groups is 1. The molecule has 1 aliphatic carbocycles. The first-order valence-corrected chi connectivity index (χ1v) is 5.75. The number of hydrogen-bond acceptors (Lipinski definition) is 5. The van der Waals surface area contributed by atoms with Gasteiger partial charge in [-0.3, -0.25) is 4.79 Å². The van der Waals surface area contributed by atoms with Gasteiger partial charge in [0, 0.05) is 25.4 Å². The molecule has 1 saturated carbocycles. The van der Waals surface area contributed by atoms with Gasteiger partial charge >= 0.3 is 5.97 Å². The third-order valence-corrected chi connectivity index (χ3v) is 3.82. The van der Waals surface area contributed by atoms with E-state index in [1.807, 2.05) is 0 Å². The highest BCUT2D eigenvalue weighted by Crippen LogP contribution is 2.45. The van der Waals surface area contributed by atoms with E-state index in [1.54, 1.807) is 7.11 Å². The lowest BCUT2D eigenvalue weighted by Crippen LogP contribution is -2.34. The van der Waals surface area contributed by atoms with Gasteiger partial charge in [-0.25, -0.2) is 0 Å². The fraction of sp³-hybridized carbons (Fsp3) is 0.909. The molecule has 2 heterocycles. The topological polar surface area (TPSA) is 54.0 Å².